The summed E-state index contributed by atoms with van der Waals surface area (Å²) in [7, 11) is 0. The van der Waals surface area contributed by atoms with Crippen molar-refractivity contribution in [1.82, 2.24) is 0 Å². The molecule has 0 radical (unpaired) electrons. The lowest BCUT2D eigenvalue weighted by Crippen LogP contribution is -2.32. The second-order valence-electron chi connectivity index (χ2n) is 7.93. The quantitative estimate of drug-likeness (QED) is 0.228. The van der Waals surface area contributed by atoms with Crippen molar-refractivity contribution in [2.75, 3.05) is 10.2 Å². The number of carbonyl (C=O) groups excluding carboxylic acids is 3. The lowest BCUT2D eigenvalue weighted by molar-refractivity contribution is -0.120. The van der Waals surface area contributed by atoms with E-state index in [1.54, 1.807) is 54.6 Å². The fraction of sp³-hybridized carbons (Fsp3) is 0.115. The molecule has 0 aliphatic carbocycles. The average Bonchev–Trinajstić information content (AvgIpc) is 3.03. The first-order chi connectivity index (χ1) is 16.2. The van der Waals surface area contributed by atoms with Gasteiger partial charge >= 0.3 is 5.97 Å². The summed E-state index contributed by atoms with van der Waals surface area (Å²) >= 11 is 9.50. The van der Waals surface area contributed by atoms with Crippen LogP contribution in [-0.4, -0.2) is 17.8 Å². The summed E-state index contributed by atoms with van der Waals surface area (Å²) in [6.45, 7) is 4.13. The maximum Gasteiger partial charge on any atom is 0.343 e. The zero-order valence-electron chi connectivity index (χ0n) is 18.3. The molecule has 0 fully saturated rings. The van der Waals surface area contributed by atoms with Crippen LogP contribution in [0.1, 0.15) is 35.7 Å². The van der Waals surface area contributed by atoms with Gasteiger partial charge in [0, 0.05) is 10.2 Å². The molecule has 0 unspecified atom stereocenters. The summed E-state index contributed by atoms with van der Waals surface area (Å²) in [5, 5.41) is 2.68. The Labute approximate surface area is 210 Å². The van der Waals surface area contributed by atoms with Crippen LogP contribution in [0.5, 0.6) is 5.75 Å². The molecule has 2 amide bonds. The molecule has 0 spiro atoms. The first-order valence-electron chi connectivity index (χ1n) is 10.5. The highest BCUT2D eigenvalue weighted by Crippen LogP contribution is 2.31. The number of rotatable bonds is 6. The number of imide groups is 1. The predicted octanol–water partition coefficient (Wildman–Crippen LogP) is 6.23. The van der Waals surface area contributed by atoms with Gasteiger partial charge in [0.25, 0.3) is 11.8 Å². The number of amides is 2. The third kappa shape index (κ3) is 4.90. The number of anilines is 2. The molecule has 0 atom stereocenters. The molecule has 0 saturated carbocycles. The predicted molar refractivity (Wildman–Crippen MR) is 135 cm³/mol. The fourth-order valence-corrected chi connectivity index (χ4v) is 3.85. The Morgan fingerprint density at radius 1 is 0.971 bits per heavy atom. The summed E-state index contributed by atoms with van der Waals surface area (Å²) < 4.78 is 6.30. The molecule has 34 heavy (non-hydrogen) atoms. The van der Waals surface area contributed by atoms with E-state index in [0.29, 0.717) is 28.6 Å². The van der Waals surface area contributed by atoms with Crippen molar-refractivity contribution >= 4 is 56.7 Å². The average molecular weight is 540 g/mol. The molecule has 6 nitrogen and oxygen atoms in total. The van der Waals surface area contributed by atoms with Gasteiger partial charge in [-0.25, -0.2) is 9.69 Å². The van der Waals surface area contributed by atoms with Crippen LogP contribution in [0.15, 0.2) is 88.0 Å². The van der Waals surface area contributed by atoms with Crippen LogP contribution >= 0.6 is 27.5 Å². The topological polar surface area (TPSA) is 75.7 Å². The minimum Gasteiger partial charge on any atom is -0.423 e. The van der Waals surface area contributed by atoms with E-state index in [2.05, 4.69) is 35.1 Å². The van der Waals surface area contributed by atoms with E-state index in [-0.39, 0.29) is 10.7 Å². The van der Waals surface area contributed by atoms with E-state index in [0.717, 1.165) is 14.9 Å². The zero-order chi connectivity index (χ0) is 24.4. The highest BCUT2D eigenvalue weighted by atomic mass is 79.9. The second kappa shape index (κ2) is 9.83. The molecule has 4 rings (SSSR count). The van der Waals surface area contributed by atoms with Crippen LogP contribution in [0.25, 0.3) is 0 Å². The summed E-state index contributed by atoms with van der Waals surface area (Å²) in [6, 6.07) is 20.5. The van der Waals surface area contributed by atoms with E-state index >= 15 is 0 Å². The molecule has 1 aliphatic rings. The number of hydrogen-bond donors (Lipinski definition) is 1. The van der Waals surface area contributed by atoms with E-state index in [4.69, 9.17) is 16.3 Å². The summed E-state index contributed by atoms with van der Waals surface area (Å²) in [4.78, 5) is 39.0. The Balaban J connectivity index is 1.46. The van der Waals surface area contributed by atoms with Gasteiger partial charge in [-0.15, -0.1) is 0 Å². The van der Waals surface area contributed by atoms with Crippen molar-refractivity contribution < 1.29 is 19.1 Å². The minimum absolute atomic E-state index is 0.0320. The van der Waals surface area contributed by atoms with Gasteiger partial charge in [0.2, 0.25) is 0 Å². The molecule has 0 bridgehead atoms. The summed E-state index contributed by atoms with van der Waals surface area (Å²) in [5.74, 6) is -0.891. The Morgan fingerprint density at radius 3 is 2.29 bits per heavy atom. The number of hydrogen-bond acceptors (Lipinski definition) is 5. The summed E-state index contributed by atoms with van der Waals surface area (Å²) in [5.41, 5.74) is 2.28. The van der Waals surface area contributed by atoms with E-state index in [9.17, 15) is 14.4 Å². The minimum atomic E-state index is -0.611. The van der Waals surface area contributed by atoms with Crippen molar-refractivity contribution in [3.63, 3.8) is 0 Å². The third-order valence-corrected chi connectivity index (χ3v) is 6.12. The van der Waals surface area contributed by atoms with Gasteiger partial charge in [-0.05, 0) is 72.1 Å². The molecule has 8 heteroatoms. The Bertz CT molecular complexity index is 1300. The number of ether oxygens (including phenoxy) is 1. The van der Waals surface area contributed by atoms with Gasteiger partial charge < -0.3 is 10.1 Å². The second-order valence-corrected chi connectivity index (χ2v) is 9.22. The lowest BCUT2D eigenvalue weighted by atomic mass is 10.0. The SMILES string of the molecule is CC(C)c1cccc(OC(=O)c2ccc(NC3=C(Cl)C(=O)N(c4ccc(Br)cc4)C3=O)cc2)c1. The highest BCUT2D eigenvalue weighted by Gasteiger charge is 2.38. The van der Waals surface area contributed by atoms with Gasteiger partial charge in [0.15, 0.2) is 0 Å². The zero-order valence-corrected chi connectivity index (χ0v) is 20.7. The van der Waals surface area contributed by atoms with E-state index in [1.165, 1.54) is 0 Å². The molecule has 1 aliphatic heterocycles. The number of esters is 1. The van der Waals surface area contributed by atoms with Gasteiger partial charge in [0.05, 0.1) is 11.3 Å². The van der Waals surface area contributed by atoms with Crippen molar-refractivity contribution in [3.05, 3.63) is 99.1 Å². The molecular formula is C26H20BrClN2O4. The van der Waals surface area contributed by atoms with Crippen molar-refractivity contribution in [2.45, 2.75) is 19.8 Å². The van der Waals surface area contributed by atoms with Crippen LogP contribution < -0.4 is 15.0 Å². The van der Waals surface area contributed by atoms with Crippen molar-refractivity contribution in [2.24, 2.45) is 0 Å². The first kappa shape index (κ1) is 23.7. The highest BCUT2D eigenvalue weighted by molar-refractivity contribution is 9.10. The molecule has 1 heterocycles. The number of halogens is 2. The smallest absolute Gasteiger partial charge is 0.343 e. The number of carbonyl (C=O) groups is 3. The van der Waals surface area contributed by atoms with Crippen LogP contribution in [-0.2, 0) is 9.59 Å². The van der Waals surface area contributed by atoms with Gasteiger partial charge in [-0.3, -0.25) is 9.59 Å². The van der Waals surface area contributed by atoms with Gasteiger partial charge in [-0.2, -0.15) is 0 Å². The first-order valence-corrected chi connectivity index (χ1v) is 11.6. The maximum atomic E-state index is 12.9. The van der Waals surface area contributed by atoms with Gasteiger partial charge in [-0.1, -0.05) is 53.5 Å². The number of benzene rings is 3. The van der Waals surface area contributed by atoms with Crippen LogP contribution in [0.3, 0.4) is 0 Å². The molecule has 0 aromatic heterocycles. The molecule has 3 aromatic rings. The Kier molecular flexibility index (Phi) is 6.86. The maximum absolute atomic E-state index is 12.9. The molecule has 0 saturated heterocycles. The molecule has 3 aromatic carbocycles. The van der Waals surface area contributed by atoms with Crippen molar-refractivity contribution in [3.8, 4) is 5.75 Å². The Morgan fingerprint density at radius 2 is 1.65 bits per heavy atom. The normalized spacial score (nSPS) is 13.6. The molecular weight excluding hydrogens is 520 g/mol. The molecule has 172 valence electrons. The summed E-state index contributed by atoms with van der Waals surface area (Å²) in [6.07, 6.45) is 0. The largest absolute Gasteiger partial charge is 0.423 e. The monoisotopic (exact) mass is 538 g/mol. The number of nitrogens with zero attached hydrogens (tertiary/aromatic N) is 1. The van der Waals surface area contributed by atoms with Crippen LogP contribution in [0, 0.1) is 0 Å². The van der Waals surface area contributed by atoms with E-state index in [1.807, 2.05) is 18.2 Å². The van der Waals surface area contributed by atoms with Crippen LogP contribution in [0.2, 0.25) is 0 Å². The standard InChI is InChI=1S/C26H20BrClN2O4/c1-15(2)17-4-3-5-21(14-17)34-26(33)16-6-10-19(11-7-16)29-23-22(28)24(31)30(25(23)32)20-12-8-18(27)9-13-20/h3-15,29H,1-2H3. The van der Waals surface area contributed by atoms with E-state index < -0.39 is 17.8 Å². The lowest BCUT2D eigenvalue weighted by Gasteiger charge is -2.15. The number of nitrogens with one attached hydrogen (secondary N) is 1. The third-order valence-electron chi connectivity index (χ3n) is 5.24. The fourth-order valence-electron chi connectivity index (χ4n) is 3.37. The molecule has 1 N–H and O–H groups in total. The Hall–Kier alpha value is -3.42. The van der Waals surface area contributed by atoms with Gasteiger partial charge in [0.1, 0.15) is 16.5 Å². The van der Waals surface area contributed by atoms with Crippen LogP contribution in [0.4, 0.5) is 11.4 Å². The van der Waals surface area contributed by atoms with Crippen molar-refractivity contribution in [1.29, 1.82) is 0 Å².